The second-order valence-corrected chi connectivity index (χ2v) is 5.72. The Morgan fingerprint density at radius 1 is 1.16 bits per heavy atom. The summed E-state index contributed by atoms with van der Waals surface area (Å²) in [6.45, 7) is 10.3. The van der Waals surface area contributed by atoms with E-state index in [2.05, 4.69) is 39.1 Å². The lowest BCUT2D eigenvalue weighted by Gasteiger charge is -2.20. The Labute approximate surface area is 117 Å². The van der Waals surface area contributed by atoms with Crippen LogP contribution in [-0.2, 0) is 6.42 Å². The van der Waals surface area contributed by atoms with Gasteiger partial charge in [-0.15, -0.1) is 0 Å². The number of ether oxygens (including phenoxy) is 2. The van der Waals surface area contributed by atoms with Crippen LogP contribution in [0.4, 0.5) is 0 Å². The van der Waals surface area contributed by atoms with E-state index in [1.165, 1.54) is 5.56 Å². The van der Waals surface area contributed by atoms with Crippen molar-refractivity contribution < 1.29 is 9.47 Å². The minimum absolute atomic E-state index is 0.167. The minimum atomic E-state index is 0.167. The average Bonchev–Trinajstić information content (AvgIpc) is 2.37. The van der Waals surface area contributed by atoms with Gasteiger partial charge in [-0.25, -0.2) is 0 Å². The van der Waals surface area contributed by atoms with Gasteiger partial charge in [-0.1, -0.05) is 13.0 Å². The highest BCUT2D eigenvalue weighted by atomic mass is 16.5. The summed E-state index contributed by atoms with van der Waals surface area (Å²) in [4.78, 5) is 0. The van der Waals surface area contributed by atoms with Gasteiger partial charge in [0.05, 0.1) is 13.7 Å². The van der Waals surface area contributed by atoms with Crippen LogP contribution in [0.1, 0.15) is 39.7 Å². The van der Waals surface area contributed by atoms with Gasteiger partial charge in [0, 0.05) is 5.54 Å². The Bertz CT molecular complexity index is 383. The molecule has 0 fully saturated rings. The molecule has 3 nitrogen and oxygen atoms in total. The fourth-order valence-electron chi connectivity index (χ4n) is 1.77. The van der Waals surface area contributed by atoms with Gasteiger partial charge >= 0.3 is 0 Å². The molecule has 0 aliphatic rings. The predicted octanol–water partition coefficient (Wildman–Crippen LogP) is 3.41. The van der Waals surface area contributed by atoms with Gasteiger partial charge in [0.2, 0.25) is 0 Å². The second-order valence-electron chi connectivity index (χ2n) is 5.72. The third-order valence-electron chi connectivity index (χ3n) is 2.87. The second kappa shape index (κ2) is 7.39. The van der Waals surface area contributed by atoms with E-state index < -0.39 is 0 Å². The van der Waals surface area contributed by atoms with Gasteiger partial charge in [0.15, 0.2) is 11.5 Å². The van der Waals surface area contributed by atoms with E-state index in [9.17, 15) is 0 Å². The molecule has 0 spiro atoms. The van der Waals surface area contributed by atoms with Crippen molar-refractivity contribution >= 4 is 0 Å². The highest BCUT2D eigenvalue weighted by molar-refractivity contribution is 5.42. The Morgan fingerprint density at radius 2 is 1.89 bits per heavy atom. The van der Waals surface area contributed by atoms with Crippen LogP contribution in [0.5, 0.6) is 11.5 Å². The predicted molar refractivity (Wildman–Crippen MR) is 80.2 cm³/mol. The summed E-state index contributed by atoms with van der Waals surface area (Å²) in [5, 5.41) is 3.44. The molecule has 19 heavy (non-hydrogen) atoms. The molecule has 0 bridgehead atoms. The number of nitrogens with one attached hydrogen (secondary N) is 1. The molecule has 0 saturated carbocycles. The Morgan fingerprint density at radius 3 is 2.47 bits per heavy atom. The molecule has 0 aliphatic heterocycles. The monoisotopic (exact) mass is 265 g/mol. The van der Waals surface area contributed by atoms with Crippen molar-refractivity contribution in [2.75, 3.05) is 20.3 Å². The van der Waals surface area contributed by atoms with E-state index >= 15 is 0 Å². The first-order valence-electron chi connectivity index (χ1n) is 7.01. The van der Waals surface area contributed by atoms with Crippen molar-refractivity contribution in [1.29, 1.82) is 0 Å². The largest absolute Gasteiger partial charge is 0.493 e. The lowest BCUT2D eigenvalue weighted by atomic mass is 10.1. The van der Waals surface area contributed by atoms with Crippen LogP contribution in [0.2, 0.25) is 0 Å². The minimum Gasteiger partial charge on any atom is -0.493 e. The zero-order chi connectivity index (χ0) is 14.3. The van der Waals surface area contributed by atoms with Crippen molar-refractivity contribution in [2.45, 2.75) is 46.1 Å². The number of methoxy groups -OCH3 is 1. The molecule has 1 aromatic rings. The summed E-state index contributed by atoms with van der Waals surface area (Å²) in [6.07, 6.45) is 1.99. The number of hydrogen-bond donors (Lipinski definition) is 1. The van der Waals surface area contributed by atoms with Gasteiger partial charge in [-0.2, -0.15) is 0 Å². The SMILES string of the molecule is CCc1ccc(OCCCNC(C)(C)C)c(OC)c1. The van der Waals surface area contributed by atoms with E-state index in [1.54, 1.807) is 7.11 Å². The molecule has 1 aromatic carbocycles. The van der Waals surface area contributed by atoms with Gasteiger partial charge in [-0.3, -0.25) is 0 Å². The molecule has 0 saturated heterocycles. The fraction of sp³-hybridized carbons (Fsp3) is 0.625. The molecule has 108 valence electrons. The lowest BCUT2D eigenvalue weighted by molar-refractivity contribution is 0.281. The molecule has 0 unspecified atom stereocenters. The first-order chi connectivity index (χ1) is 8.96. The average molecular weight is 265 g/mol. The van der Waals surface area contributed by atoms with Crippen LogP contribution in [-0.4, -0.2) is 25.8 Å². The highest BCUT2D eigenvalue weighted by Gasteiger charge is 2.08. The highest BCUT2D eigenvalue weighted by Crippen LogP contribution is 2.28. The molecular formula is C16H27NO2. The zero-order valence-electron chi connectivity index (χ0n) is 12.9. The Hall–Kier alpha value is -1.22. The maximum Gasteiger partial charge on any atom is 0.161 e. The molecule has 1 rings (SSSR count). The first-order valence-corrected chi connectivity index (χ1v) is 7.01. The Balaban J connectivity index is 2.41. The maximum atomic E-state index is 5.78. The van der Waals surface area contributed by atoms with Crippen LogP contribution in [0.15, 0.2) is 18.2 Å². The lowest BCUT2D eigenvalue weighted by Crippen LogP contribution is -2.36. The Kier molecular flexibility index (Phi) is 6.16. The topological polar surface area (TPSA) is 30.5 Å². The zero-order valence-corrected chi connectivity index (χ0v) is 12.9. The van der Waals surface area contributed by atoms with Crippen molar-refractivity contribution in [3.8, 4) is 11.5 Å². The van der Waals surface area contributed by atoms with E-state index in [-0.39, 0.29) is 5.54 Å². The number of rotatable bonds is 7. The van der Waals surface area contributed by atoms with Crippen LogP contribution >= 0.6 is 0 Å². The molecule has 0 aromatic heterocycles. The van der Waals surface area contributed by atoms with Crippen LogP contribution < -0.4 is 14.8 Å². The molecule has 1 N–H and O–H groups in total. The summed E-state index contributed by atoms with van der Waals surface area (Å²) in [5.74, 6) is 1.65. The van der Waals surface area contributed by atoms with Crippen molar-refractivity contribution in [1.82, 2.24) is 5.32 Å². The van der Waals surface area contributed by atoms with E-state index in [1.807, 2.05) is 12.1 Å². The quantitative estimate of drug-likeness (QED) is 0.766. The fourth-order valence-corrected chi connectivity index (χ4v) is 1.77. The normalized spacial score (nSPS) is 11.4. The molecule has 0 radical (unpaired) electrons. The summed E-state index contributed by atoms with van der Waals surface area (Å²) in [7, 11) is 1.68. The maximum absolute atomic E-state index is 5.78. The number of benzene rings is 1. The standard InChI is InChI=1S/C16H27NO2/c1-6-13-8-9-14(15(12-13)18-5)19-11-7-10-17-16(2,3)4/h8-9,12,17H,6-7,10-11H2,1-5H3. The van der Waals surface area contributed by atoms with Gasteiger partial charge < -0.3 is 14.8 Å². The van der Waals surface area contributed by atoms with Crippen LogP contribution in [0, 0.1) is 0 Å². The molecule has 0 atom stereocenters. The van der Waals surface area contributed by atoms with Gasteiger partial charge in [-0.05, 0) is 57.9 Å². The number of aryl methyl sites for hydroxylation is 1. The van der Waals surface area contributed by atoms with Gasteiger partial charge in [0.1, 0.15) is 0 Å². The summed E-state index contributed by atoms with van der Waals surface area (Å²) < 4.78 is 11.1. The smallest absolute Gasteiger partial charge is 0.161 e. The molecule has 0 amide bonds. The third-order valence-corrected chi connectivity index (χ3v) is 2.87. The summed E-state index contributed by atoms with van der Waals surface area (Å²) in [5.41, 5.74) is 1.43. The molecular weight excluding hydrogens is 238 g/mol. The molecule has 0 aliphatic carbocycles. The number of hydrogen-bond acceptors (Lipinski definition) is 3. The van der Waals surface area contributed by atoms with Crippen molar-refractivity contribution in [2.24, 2.45) is 0 Å². The molecule has 0 heterocycles. The molecule has 3 heteroatoms. The third kappa shape index (κ3) is 5.97. The van der Waals surface area contributed by atoms with Gasteiger partial charge in [0.25, 0.3) is 0 Å². The summed E-state index contributed by atoms with van der Waals surface area (Å²) >= 11 is 0. The summed E-state index contributed by atoms with van der Waals surface area (Å²) in [6, 6.07) is 6.13. The van der Waals surface area contributed by atoms with E-state index in [0.29, 0.717) is 6.61 Å². The van der Waals surface area contributed by atoms with Crippen molar-refractivity contribution in [3.05, 3.63) is 23.8 Å². The van der Waals surface area contributed by atoms with Crippen LogP contribution in [0.3, 0.4) is 0 Å². The van der Waals surface area contributed by atoms with Crippen molar-refractivity contribution in [3.63, 3.8) is 0 Å². The first kappa shape index (κ1) is 15.8. The van der Waals surface area contributed by atoms with E-state index in [0.717, 1.165) is 30.9 Å². The van der Waals surface area contributed by atoms with Crippen LogP contribution in [0.25, 0.3) is 0 Å². The van der Waals surface area contributed by atoms with E-state index in [4.69, 9.17) is 9.47 Å².